The molecule has 0 saturated carbocycles. The monoisotopic (exact) mass is 321 g/mol. The van der Waals surface area contributed by atoms with Crippen LogP contribution >= 0.6 is 11.6 Å². The Kier molecular flexibility index (Phi) is 3.83. The lowest BCUT2D eigenvalue weighted by molar-refractivity contribution is 1.18. The van der Waals surface area contributed by atoms with Crippen molar-refractivity contribution < 1.29 is 0 Å². The third-order valence-corrected chi connectivity index (χ3v) is 3.62. The number of nitrogens with zero attached hydrogens (tertiary/aromatic N) is 3. The zero-order chi connectivity index (χ0) is 16.4. The Hall–Kier alpha value is -3.10. The second-order valence-electron chi connectivity index (χ2n) is 4.89. The maximum atomic E-state index is 9.25. The van der Waals surface area contributed by atoms with Gasteiger partial charge < -0.3 is 11.5 Å². The number of nitriles is 1. The van der Waals surface area contributed by atoms with Crippen LogP contribution in [0.15, 0.2) is 48.5 Å². The lowest BCUT2D eigenvalue weighted by atomic mass is 10.0. The Bertz CT molecular complexity index is 913. The molecule has 0 spiro atoms. The van der Waals surface area contributed by atoms with Crippen molar-refractivity contribution in [3.63, 3.8) is 0 Å². The summed E-state index contributed by atoms with van der Waals surface area (Å²) in [6.07, 6.45) is 0. The Balaban J connectivity index is 2.06. The molecule has 0 amide bonds. The average Bonchev–Trinajstić information content (AvgIpc) is 2.54. The first-order valence-electron chi connectivity index (χ1n) is 6.78. The molecule has 0 atom stereocenters. The predicted octanol–water partition coefficient (Wildman–Crippen LogP) is 3.50. The molecule has 0 unspecified atom stereocenters. The van der Waals surface area contributed by atoms with E-state index < -0.39 is 0 Å². The van der Waals surface area contributed by atoms with Crippen LogP contribution in [0.3, 0.4) is 0 Å². The standard InChI is InChI=1S/C17H12ClN5/c18-13-3-1-2-12(8-13)10-4-6-11(7-5-10)15-14(9-19)16(20)23-17(21)22-15/h1-8H,(H4,20,21,22,23). The number of hydrogen-bond donors (Lipinski definition) is 2. The van der Waals surface area contributed by atoms with Gasteiger partial charge >= 0.3 is 0 Å². The van der Waals surface area contributed by atoms with E-state index in [1.54, 1.807) is 0 Å². The van der Waals surface area contributed by atoms with Crippen LogP contribution in [0.2, 0.25) is 5.02 Å². The van der Waals surface area contributed by atoms with E-state index in [-0.39, 0.29) is 17.3 Å². The number of anilines is 2. The fourth-order valence-corrected chi connectivity index (χ4v) is 2.49. The van der Waals surface area contributed by atoms with Gasteiger partial charge in [0.05, 0.1) is 5.69 Å². The highest BCUT2D eigenvalue weighted by atomic mass is 35.5. The number of benzene rings is 2. The van der Waals surface area contributed by atoms with E-state index in [2.05, 4.69) is 9.97 Å². The smallest absolute Gasteiger partial charge is 0.222 e. The van der Waals surface area contributed by atoms with E-state index in [1.165, 1.54) is 0 Å². The van der Waals surface area contributed by atoms with Crippen molar-refractivity contribution in [1.29, 1.82) is 5.26 Å². The molecule has 0 bridgehead atoms. The quantitative estimate of drug-likeness (QED) is 0.752. The molecule has 0 saturated heterocycles. The van der Waals surface area contributed by atoms with Crippen LogP contribution in [0.4, 0.5) is 11.8 Å². The highest BCUT2D eigenvalue weighted by Crippen LogP contribution is 2.28. The number of nitrogens with two attached hydrogens (primary N) is 2. The first-order chi connectivity index (χ1) is 11.1. The van der Waals surface area contributed by atoms with Crippen LogP contribution < -0.4 is 11.5 Å². The first-order valence-corrected chi connectivity index (χ1v) is 7.16. The van der Waals surface area contributed by atoms with Crippen molar-refractivity contribution in [2.24, 2.45) is 0 Å². The Labute approximate surface area is 138 Å². The second-order valence-corrected chi connectivity index (χ2v) is 5.33. The molecule has 4 N–H and O–H groups in total. The van der Waals surface area contributed by atoms with Crippen molar-refractivity contribution in [3.05, 3.63) is 59.1 Å². The summed E-state index contributed by atoms with van der Waals surface area (Å²) in [4.78, 5) is 7.95. The maximum absolute atomic E-state index is 9.25. The number of nitrogen functional groups attached to an aromatic ring is 2. The third kappa shape index (κ3) is 2.93. The molecule has 112 valence electrons. The van der Waals surface area contributed by atoms with E-state index in [0.29, 0.717) is 10.7 Å². The normalized spacial score (nSPS) is 10.3. The van der Waals surface area contributed by atoms with Crippen LogP contribution in [0.5, 0.6) is 0 Å². The molecule has 0 aliphatic heterocycles. The minimum Gasteiger partial charge on any atom is -0.382 e. The highest BCUT2D eigenvalue weighted by molar-refractivity contribution is 6.30. The summed E-state index contributed by atoms with van der Waals surface area (Å²) in [5, 5.41) is 9.92. The molecule has 1 heterocycles. The number of hydrogen-bond acceptors (Lipinski definition) is 5. The van der Waals surface area contributed by atoms with Crippen LogP contribution in [0, 0.1) is 11.3 Å². The third-order valence-electron chi connectivity index (χ3n) is 3.38. The van der Waals surface area contributed by atoms with Gasteiger partial charge in [-0.3, -0.25) is 0 Å². The molecule has 3 rings (SSSR count). The van der Waals surface area contributed by atoms with Crippen LogP contribution in [0.25, 0.3) is 22.4 Å². The van der Waals surface area contributed by atoms with E-state index in [9.17, 15) is 5.26 Å². The van der Waals surface area contributed by atoms with Crippen LogP contribution in [-0.2, 0) is 0 Å². The van der Waals surface area contributed by atoms with Gasteiger partial charge in [0.1, 0.15) is 17.5 Å². The average molecular weight is 322 g/mol. The molecule has 0 fully saturated rings. The molecular formula is C17H12ClN5. The molecule has 5 nitrogen and oxygen atoms in total. The number of halogens is 1. The van der Waals surface area contributed by atoms with Gasteiger partial charge in [-0.25, -0.2) is 4.98 Å². The summed E-state index contributed by atoms with van der Waals surface area (Å²) in [6, 6.07) is 17.2. The van der Waals surface area contributed by atoms with Crippen molar-refractivity contribution in [2.75, 3.05) is 11.5 Å². The predicted molar refractivity (Wildman–Crippen MR) is 91.5 cm³/mol. The number of rotatable bonds is 2. The second kappa shape index (κ2) is 5.95. The first kappa shape index (κ1) is 14.8. The number of aromatic nitrogens is 2. The van der Waals surface area contributed by atoms with Crippen LogP contribution in [0.1, 0.15) is 5.56 Å². The van der Waals surface area contributed by atoms with Crippen molar-refractivity contribution in [1.82, 2.24) is 9.97 Å². The topological polar surface area (TPSA) is 102 Å². The lowest BCUT2D eigenvalue weighted by Gasteiger charge is -2.08. The van der Waals surface area contributed by atoms with Gasteiger partial charge in [-0.15, -0.1) is 0 Å². The summed E-state index contributed by atoms with van der Waals surface area (Å²) in [7, 11) is 0. The van der Waals surface area contributed by atoms with Gasteiger partial charge in [0, 0.05) is 10.6 Å². The summed E-state index contributed by atoms with van der Waals surface area (Å²) in [5.41, 5.74) is 14.8. The van der Waals surface area contributed by atoms with E-state index in [4.69, 9.17) is 23.1 Å². The molecule has 23 heavy (non-hydrogen) atoms. The summed E-state index contributed by atoms with van der Waals surface area (Å²) in [5.74, 6) is 0.115. The molecule has 3 aromatic rings. The molecule has 0 aliphatic carbocycles. The minimum atomic E-state index is 0.0374. The summed E-state index contributed by atoms with van der Waals surface area (Å²) < 4.78 is 0. The molecule has 0 radical (unpaired) electrons. The maximum Gasteiger partial charge on any atom is 0.222 e. The zero-order valence-electron chi connectivity index (χ0n) is 12.0. The van der Waals surface area contributed by atoms with Gasteiger partial charge in [0.2, 0.25) is 5.95 Å². The molecule has 0 aliphatic rings. The van der Waals surface area contributed by atoms with Crippen molar-refractivity contribution in [3.8, 4) is 28.5 Å². The van der Waals surface area contributed by atoms with E-state index in [0.717, 1.165) is 16.7 Å². The zero-order valence-corrected chi connectivity index (χ0v) is 12.7. The van der Waals surface area contributed by atoms with Crippen molar-refractivity contribution in [2.45, 2.75) is 0 Å². The molecule has 2 aromatic carbocycles. The largest absolute Gasteiger partial charge is 0.382 e. The minimum absolute atomic E-state index is 0.0374. The Morgan fingerprint density at radius 2 is 1.61 bits per heavy atom. The fraction of sp³-hybridized carbons (Fsp3) is 0. The molecular weight excluding hydrogens is 310 g/mol. The Morgan fingerprint density at radius 1 is 0.913 bits per heavy atom. The Morgan fingerprint density at radius 3 is 2.26 bits per heavy atom. The molecule has 6 heteroatoms. The van der Waals surface area contributed by atoms with Gasteiger partial charge in [0.25, 0.3) is 0 Å². The summed E-state index contributed by atoms with van der Waals surface area (Å²) >= 11 is 6.02. The SMILES string of the molecule is N#Cc1c(N)nc(N)nc1-c1ccc(-c2cccc(Cl)c2)cc1. The van der Waals surface area contributed by atoms with Gasteiger partial charge in [0.15, 0.2) is 0 Å². The van der Waals surface area contributed by atoms with E-state index >= 15 is 0 Å². The van der Waals surface area contributed by atoms with Crippen LogP contribution in [-0.4, -0.2) is 9.97 Å². The van der Waals surface area contributed by atoms with Gasteiger partial charge in [-0.05, 0) is 23.3 Å². The van der Waals surface area contributed by atoms with Crippen molar-refractivity contribution >= 4 is 23.4 Å². The highest BCUT2D eigenvalue weighted by Gasteiger charge is 2.13. The van der Waals surface area contributed by atoms with E-state index in [1.807, 2.05) is 54.6 Å². The van der Waals surface area contributed by atoms with Gasteiger partial charge in [-0.1, -0.05) is 48.0 Å². The fourth-order valence-electron chi connectivity index (χ4n) is 2.30. The molecule has 1 aromatic heterocycles. The summed E-state index contributed by atoms with van der Waals surface area (Å²) in [6.45, 7) is 0. The van der Waals surface area contributed by atoms with Gasteiger partial charge in [-0.2, -0.15) is 10.2 Å². The lowest BCUT2D eigenvalue weighted by Crippen LogP contribution is -2.04.